The van der Waals surface area contributed by atoms with Gasteiger partial charge < -0.3 is 20.7 Å². The van der Waals surface area contributed by atoms with Crippen molar-refractivity contribution in [1.29, 1.82) is 0 Å². The van der Waals surface area contributed by atoms with E-state index in [4.69, 9.17) is 21.3 Å². The van der Waals surface area contributed by atoms with E-state index >= 15 is 0 Å². The first-order chi connectivity index (χ1) is 17.1. The first kappa shape index (κ1) is 26.2. The number of rotatable bonds is 10. The Balaban J connectivity index is 0.000000623. The maximum Gasteiger partial charge on any atom is 0.214 e. The second-order valence-corrected chi connectivity index (χ2v) is 8.14. The number of hydrogen-bond donors (Lipinski definition) is 3. The van der Waals surface area contributed by atoms with Crippen molar-refractivity contribution in [2.24, 2.45) is 0 Å². The summed E-state index contributed by atoms with van der Waals surface area (Å²) in [5.41, 5.74) is 2.47. The Morgan fingerprint density at radius 1 is 1.00 bits per heavy atom. The van der Waals surface area contributed by atoms with Gasteiger partial charge in [0.05, 0.1) is 28.9 Å². The molecule has 0 unspecified atom stereocenters. The van der Waals surface area contributed by atoms with Crippen molar-refractivity contribution in [3.8, 4) is 11.6 Å². The van der Waals surface area contributed by atoms with Crippen LogP contribution in [0.15, 0.2) is 54.9 Å². The maximum atomic E-state index is 6.41. The molecule has 186 valence electrons. The zero-order valence-corrected chi connectivity index (χ0v) is 21.6. The second kappa shape index (κ2) is 13.5. The highest BCUT2D eigenvalue weighted by Gasteiger charge is 2.15. The van der Waals surface area contributed by atoms with Crippen molar-refractivity contribution >= 4 is 40.1 Å². The van der Waals surface area contributed by atoms with Crippen LogP contribution in [0.2, 0.25) is 5.02 Å². The molecule has 2 heterocycles. The number of benzene rings is 2. The average molecular weight is 496 g/mol. The zero-order valence-electron chi connectivity index (χ0n) is 20.8. The van der Waals surface area contributed by atoms with Crippen LogP contribution >= 0.6 is 11.6 Å². The molecule has 2 aromatic carbocycles. The molecule has 0 saturated carbocycles. The van der Waals surface area contributed by atoms with Crippen molar-refractivity contribution in [1.82, 2.24) is 24.8 Å². The van der Waals surface area contributed by atoms with Crippen molar-refractivity contribution in [3.05, 3.63) is 59.9 Å². The first-order valence-electron chi connectivity index (χ1n) is 12.0. The van der Waals surface area contributed by atoms with Gasteiger partial charge in [-0.2, -0.15) is 0 Å². The number of anilines is 3. The normalized spacial score (nSPS) is 10.5. The Morgan fingerprint density at radius 2 is 1.80 bits per heavy atom. The van der Waals surface area contributed by atoms with Gasteiger partial charge in [-0.15, -0.1) is 0 Å². The summed E-state index contributed by atoms with van der Waals surface area (Å²) in [4.78, 5) is 13.6. The van der Waals surface area contributed by atoms with Gasteiger partial charge >= 0.3 is 0 Å². The molecule has 0 aliphatic rings. The Morgan fingerprint density at radius 3 is 2.51 bits per heavy atom. The Hall–Kier alpha value is -3.36. The van der Waals surface area contributed by atoms with Gasteiger partial charge in [0, 0.05) is 18.7 Å². The predicted molar refractivity (Wildman–Crippen MR) is 146 cm³/mol. The summed E-state index contributed by atoms with van der Waals surface area (Å²) in [5, 5.41) is 10.4. The monoisotopic (exact) mass is 495 g/mol. The molecular weight excluding hydrogens is 462 g/mol. The highest BCUT2D eigenvalue weighted by atomic mass is 35.5. The summed E-state index contributed by atoms with van der Waals surface area (Å²) >= 11 is 6.41. The van der Waals surface area contributed by atoms with Crippen molar-refractivity contribution < 1.29 is 4.74 Å². The van der Waals surface area contributed by atoms with Crippen LogP contribution in [0, 0.1) is 0 Å². The van der Waals surface area contributed by atoms with E-state index in [9.17, 15) is 0 Å². The molecule has 0 radical (unpaired) electrons. The smallest absolute Gasteiger partial charge is 0.214 e. The number of nitrogens with one attached hydrogen (secondary N) is 3. The van der Waals surface area contributed by atoms with E-state index in [1.807, 2.05) is 47.0 Å². The minimum Gasteiger partial charge on any atom is -0.497 e. The quantitative estimate of drug-likeness (QED) is 0.231. The molecule has 9 heteroatoms. The van der Waals surface area contributed by atoms with Crippen LogP contribution in [0.25, 0.3) is 16.9 Å². The lowest BCUT2D eigenvalue weighted by atomic mass is 10.3. The lowest BCUT2D eigenvalue weighted by molar-refractivity contribution is 0.415. The Bertz CT molecular complexity index is 1210. The fourth-order valence-electron chi connectivity index (χ4n) is 3.40. The molecule has 8 nitrogen and oxygen atoms in total. The third-order valence-corrected chi connectivity index (χ3v) is 5.53. The molecule has 0 amide bonds. The van der Waals surface area contributed by atoms with Gasteiger partial charge in [-0.25, -0.2) is 15.0 Å². The molecule has 4 rings (SSSR count). The SMILES string of the molecule is CCCCNc1cc(-n2c(Nc3cc(OC)ccc3Cl)nc3ccccc32)ncn1.CCNCC. The van der Waals surface area contributed by atoms with Gasteiger partial charge in [0.1, 0.15) is 23.7 Å². The largest absolute Gasteiger partial charge is 0.497 e. The number of para-hydroxylation sites is 2. The van der Waals surface area contributed by atoms with Crippen LogP contribution in [0.4, 0.5) is 17.5 Å². The molecule has 0 atom stereocenters. The van der Waals surface area contributed by atoms with Crippen LogP contribution in [-0.2, 0) is 0 Å². The summed E-state index contributed by atoms with van der Waals surface area (Å²) in [6.07, 6.45) is 3.75. The molecular formula is C26H34ClN7O. The highest BCUT2D eigenvalue weighted by molar-refractivity contribution is 6.33. The summed E-state index contributed by atoms with van der Waals surface area (Å²) in [6.45, 7) is 9.41. The van der Waals surface area contributed by atoms with Crippen molar-refractivity contribution in [3.63, 3.8) is 0 Å². The number of fused-ring (bicyclic) bond motifs is 1. The molecule has 0 aliphatic heterocycles. The van der Waals surface area contributed by atoms with Crippen LogP contribution in [-0.4, -0.2) is 46.3 Å². The second-order valence-electron chi connectivity index (χ2n) is 7.73. The fourth-order valence-corrected chi connectivity index (χ4v) is 3.56. The number of ether oxygens (including phenoxy) is 1. The zero-order chi connectivity index (χ0) is 25.0. The van der Waals surface area contributed by atoms with E-state index in [0.29, 0.717) is 28.2 Å². The lowest BCUT2D eigenvalue weighted by Crippen LogP contribution is -2.09. The van der Waals surface area contributed by atoms with E-state index in [1.54, 1.807) is 19.5 Å². The Labute approximate surface area is 212 Å². The summed E-state index contributed by atoms with van der Waals surface area (Å²) in [7, 11) is 1.62. The molecule has 4 aromatic rings. The molecule has 0 bridgehead atoms. The molecule has 2 aromatic heterocycles. The molecule has 0 fully saturated rings. The van der Waals surface area contributed by atoms with Gasteiger partial charge in [0.2, 0.25) is 5.95 Å². The van der Waals surface area contributed by atoms with Gasteiger partial charge in [-0.1, -0.05) is 50.9 Å². The number of hydrogen-bond acceptors (Lipinski definition) is 7. The molecule has 35 heavy (non-hydrogen) atoms. The predicted octanol–water partition coefficient (Wildman–Crippen LogP) is 6.05. The minimum atomic E-state index is 0.569. The van der Waals surface area contributed by atoms with Crippen LogP contribution in [0.3, 0.4) is 0 Å². The number of aromatic nitrogens is 4. The summed E-state index contributed by atoms with van der Waals surface area (Å²) < 4.78 is 7.29. The van der Waals surface area contributed by atoms with E-state index in [-0.39, 0.29) is 0 Å². The number of halogens is 1. The summed E-state index contributed by atoms with van der Waals surface area (Å²) in [5.74, 6) is 2.79. The van der Waals surface area contributed by atoms with Crippen molar-refractivity contribution in [2.75, 3.05) is 37.4 Å². The number of imidazole rings is 1. The molecule has 0 spiro atoms. The van der Waals surface area contributed by atoms with Crippen LogP contribution in [0.1, 0.15) is 33.6 Å². The molecule has 0 aliphatic carbocycles. The number of nitrogens with zero attached hydrogens (tertiary/aromatic N) is 4. The van der Waals surface area contributed by atoms with Gasteiger partial charge in [0.25, 0.3) is 0 Å². The van der Waals surface area contributed by atoms with Crippen LogP contribution < -0.4 is 20.7 Å². The van der Waals surface area contributed by atoms with Gasteiger partial charge in [-0.05, 0) is 43.8 Å². The maximum absolute atomic E-state index is 6.41. The highest BCUT2D eigenvalue weighted by Crippen LogP contribution is 2.32. The Kier molecular flexibility index (Phi) is 10.1. The topological polar surface area (TPSA) is 88.9 Å². The molecule has 0 saturated heterocycles. The number of methoxy groups -OCH3 is 1. The average Bonchev–Trinajstić information content (AvgIpc) is 3.24. The standard InChI is InChI=1S/C22H23ClN6O.C4H11N/c1-3-4-11-24-20-13-21(26-14-25-20)29-19-8-6-5-7-17(19)27-22(29)28-18-12-15(30-2)9-10-16(18)23;1-3-5-4-2/h5-10,12-14H,3-4,11H2,1-2H3,(H,27,28)(H,24,25,26);5H,3-4H2,1-2H3. The van der Waals surface area contributed by atoms with E-state index in [1.165, 1.54) is 0 Å². The summed E-state index contributed by atoms with van der Waals surface area (Å²) in [6, 6.07) is 15.3. The van der Waals surface area contributed by atoms with Gasteiger partial charge in [0.15, 0.2) is 0 Å². The van der Waals surface area contributed by atoms with Crippen LogP contribution in [0.5, 0.6) is 5.75 Å². The van der Waals surface area contributed by atoms with Crippen molar-refractivity contribution in [2.45, 2.75) is 33.6 Å². The van der Waals surface area contributed by atoms with Gasteiger partial charge in [-0.3, -0.25) is 4.57 Å². The third-order valence-electron chi connectivity index (χ3n) is 5.20. The first-order valence-corrected chi connectivity index (χ1v) is 12.3. The third kappa shape index (κ3) is 7.07. The van der Waals surface area contributed by atoms with E-state index in [0.717, 1.165) is 49.3 Å². The van der Waals surface area contributed by atoms with E-state index in [2.05, 4.69) is 46.7 Å². The fraction of sp³-hybridized carbons (Fsp3) is 0.346. The lowest BCUT2D eigenvalue weighted by Gasteiger charge is -2.13. The van der Waals surface area contributed by atoms with E-state index < -0.39 is 0 Å². The molecule has 3 N–H and O–H groups in total. The number of unbranched alkanes of at least 4 members (excludes halogenated alkanes) is 1. The minimum absolute atomic E-state index is 0.569.